The van der Waals surface area contributed by atoms with Gasteiger partial charge in [0, 0.05) is 80.2 Å². The zero-order valence-corrected chi connectivity index (χ0v) is 28.7. The van der Waals surface area contributed by atoms with Crippen molar-refractivity contribution >= 4 is 11.6 Å². The number of carbonyl (C=O) groups excluding carboxylic acids is 1. The second kappa shape index (κ2) is 16.8. The Bertz CT molecular complexity index is 1490. The fraction of sp³-hybridized carbons (Fsp3) is 0.514. The number of hydrogen-bond donors (Lipinski definition) is 2. The van der Waals surface area contributed by atoms with Crippen molar-refractivity contribution < 1.29 is 19.0 Å². The van der Waals surface area contributed by atoms with Crippen molar-refractivity contribution in [2.24, 2.45) is 0 Å². The first kappa shape index (κ1) is 35.2. The number of aryl methyl sites for hydroxylation is 2. The van der Waals surface area contributed by atoms with Crippen LogP contribution in [0.1, 0.15) is 65.5 Å². The van der Waals surface area contributed by atoms with Crippen molar-refractivity contribution in [2.75, 3.05) is 59.1 Å². The van der Waals surface area contributed by atoms with Crippen molar-refractivity contribution in [2.45, 2.75) is 72.0 Å². The number of anilines is 1. The van der Waals surface area contributed by atoms with Gasteiger partial charge in [-0.3, -0.25) is 9.59 Å². The summed E-state index contributed by atoms with van der Waals surface area (Å²) >= 11 is 0. The van der Waals surface area contributed by atoms with Crippen LogP contribution in [0, 0.1) is 20.8 Å². The topological polar surface area (TPSA) is 96.1 Å². The summed E-state index contributed by atoms with van der Waals surface area (Å²) in [6, 6.07) is 14.7. The Labute approximate surface area is 274 Å². The van der Waals surface area contributed by atoms with Gasteiger partial charge in [-0.25, -0.2) is 0 Å². The molecule has 1 amide bonds. The number of rotatable bonds is 15. The summed E-state index contributed by atoms with van der Waals surface area (Å²) in [6.45, 7) is 11.6. The minimum absolute atomic E-state index is 0.0753. The third kappa shape index (κ3) is 8.78. The van der Waals surface area contributed by atoms with Gasteiger partial charge in [0.2, 0.25) is 0 Å². The number of aromatic nitrogens is 1. The van der Waals surface area contributed by atoms with E-state index in [2.05, 4.69) is 40.1 Å². The van der Waals surface area contributed by atoms with Gasteiger partial charge in [0.15, 0.2) is 5.43 Å². The summed E-state index contributed by atoms with van der Waals surface area (Å²) in [5, 5.41) is 3.05. The van der Waals surface area contributed by atoms with Crippen molar-refractivity contribution in [1.82, 2.24) is 15.2 Å². The van der Waals surface area contributed by atoms with Crippen molar-refractivity contribution in [3.05, 3.63) is 80.8 Å². The van der Waals surface area contributed by atoms with Crippen LogP contribution in [0.25, 0.3) is 11.1 Å². The lowest BCUT2D eigenvalue weighted by Crippen LogP contribution is -2.44. The molecule has 1 aliphatic carbocycles. The molecule has 1 aliphatic rings. The molecular formula is C37H52N4O5. The van der Waals surface area contributed by atoms with E-state index in [-0.39, 0.29) is 17.9 Å². The molecule has 0 bridgehead atoms. The van der Waals surface area contributed by atoms with E-state index in [0.717, 1.165) is 84.9 Å². The summed E-state index contributed by atoms with van der Waals surface area (Å²) in [5.41, 5.74) is 6.65. The maximum atomic E-state index is 13.9. The summed E-state index contributed by atoms with van der Waals surface area (Å²) in [7, 11) is 5.60. The Morgan fingerprint density at radius 2 is 1.59 bits per heavy atom. The molecule has 0 atom stereocenters. The van der Waals surface area contributed by atoms with Crippen molar-refractivity contribution in [3.8, 4) is 16.9 Å². The molecule has 0 radical (unpaired) electrons. The van der Waals surface area contributed by atoms with E-state index in [1.165, 1.54) is 0 Å². The van der Waals surface area contributed by atoms with E-state index in [4.69, 9.17) is 14.2 Å². The van der Waals surface area contributed by atoms with Crippen LogP contribution in [0.3, 0.4) is 0 Å². The Morgan fingerprint density at radius 3 is 2.22 bits per heavy atom. The average Bonchev–Trinajstić information content (AvgIpc) is 3.05. The molecule has 4 rings (SSSR count). The van der Waals surface area contributed by atoms with E-state index < -0.39 is 0 Å². The van der Waals surface area contributed by atoms with E-state index in [0.29, 0.717) is 36.4 Å². The van der Waals surface area contributed by atoms with Crippen LogP contribution in [0.5, 0.6) is 5.75 Å². The van der Waals surface area contributed by atoms with Crippen LogP contribution >= 0.6 is 0 Å². The quantitative estimate of drug-likeness (QED) is 0.210. The van der Waals surface area contributed by atoms with Crippen LogP contribution < -0.4 is 20.4 Å². The maximum absolute atomic E-state index is 13.9. The third-order valence-corrected chi connectivity index (χ3v) is 9.31. The summed E-state index contributed by atoms with van der Waals surface area (Å²) in [6.07, 6.45) is 4.43. The first-order chi connectivity index (χ1) is 22.2. The number of likely N-dealkylation sites (N-methyl/N-ethyl adjacent to an activating group) is 1. The lowest BCUT2D eigenvalue weighted by Gasteiger charge is -2.41. The number of H-pyrrole nitrogens is 1. The molecule has 0 saturated heterocycles. The van der Waals surface area contributed by atoms with E-state index in [9.17, 15) is 9.59 Å². The normalized spacial score (nSPS) is 16.4. The van der Waals surface area contributed by atoms with Gasteiger partial charge < -0.3 is 34.3 Å². The highest BCUT2D eigenvalue weighted by Crippen LogP contribution is 2.36. The molecule has 0 spiro atoms. The molecule has 2 N–H and O–H groups in total. The highest BCUT2D eigenvalue weighted by molar-refractivity contribution is 5.99. The number of hydrogen-bond acceptors (Lipinski definition) is 7. The molecule has 250 valence electrons. The smallest absolute Gasteiger partial charge is 0.251 e. The van der Waals surface area contributed by atoms with Crippen molar-refractivity contribution in [3.63, 3.8) is 0 Å². The van der Waals surface area contributed by atoms with Crippen LogP contribution in [0.4, 0.5) is 5.69 Å². The average molecular weight is 633 g/mol. The Balaban J connectivity index is 1.64. The zero-order valence-electron chi connectivity index (χ0n) is 28.7. The van der Waals surface area contributed by atoms with Crippen LogP contribution in [0.15, 0.2) is 47.3 Å². The number of pyridine rings is 1. The number of amides is 1. The fourth-order valence-electron chi connectivity index (χ4n) is 6.60. The molecule has 3 aromatic rings. The number of benzene rings is 2. The molecule has 9 nitrogen and oxygen atoms in total. The highest BCUT2D eigenvalue weighted by atomic mass is 16.5. The highest BCUT2D eigenvalue weighted by Gasteiger charge is 2.29. The molecule has 1 saturated carbocycles. The van der Waals surface area contributed by atoms with Gasteiger partial charge in [-0.1, -0.05) is 12.1 Å². The first-order valence-corrected chi connectivity index (χ1v) is 16.5. The largest absolute Gasteiger partial charge is 0.491 e. The Kier molecular flexibility index (Phi) is 12.8. The zero-order chi connectivity index (χ0) is 33.2. The summed E-state index contributed by atoms with van der Waals surface area (Å²) < 4.78 is 16.2. The SMILES string of the molecule is CCN(c1cc(-c2ccc(OCCOC)cc2)cc(C(=O)NCc2c(C)[nH]c(C)cc2=O)c1C)[C@H]1CC[C@H](N(C)CCOC)CC1. The number of nitrogens with zero attached hydrogens (tertiary/aromatic N) is 2. The molecule has 1 aromatic heterocycles. The van der Waals surface area contributed by atoms with Gasteiger partial charge in [-0.2, -0.15) is 0 Å². The molecule has 1 heterocycles. The lowest BCUT2D eigenvalue weighted by atomic mass is 9.88. The van der Waals surface area contributed by atoms with Gasteiger partial charge >= 0.3 is 0 Å². The van der Waals surface area contributed by atoms with Crippen molar-refractivity contribution in [1.29, 1.82) is 0 Å². The van der Waals surface area contributed by atoms with E-state index in [1.54, 1.807) is 20.3 Å². The number of nitrogens with one attached hydrogen (secondary N) is 2. The minimum atomic E-state index is -0.195. The van der Waals surface area contributed by atoms with Crippen LogP contribution in [-0.2, 0) is 16.0 Å². The number of aromatic amines is 1. The van der Waals surface area contributed by atoms with Gasteiger partial charge in [0.25, 0.3) is 5.91 Å². The number of methoxy groups -OCH3 is 2. The number of ether oxygens (including phenoxy) is 3. The Hall–Kier alpha value is -3.66. The molecule has 2 aromatic carbocycles. The molecule has 46 heavy (non-hydrogen) atoms. The summed E-state index contributed by atoms with van der Waals surface area (Å²) in [4.78, 5) is 34.7. The minimum Gasteiger partial charge on any atom is -0.491 e. The fourth-order valence-corrected chi connectivity index (χ4v) is 6.60. The maximum Gasteiger partial charge on any atom is 0.251 e. The predicted octanol–water partition coefficient (Wildman–Crippen LogP) is 5.64. The standard InChI is InChI=1S/C37H52N4O5/c1-8-41(31-13-11-30(12-14-31)40(5)17-18-44-6)35-23-29(28-9-15-32(16-10-28)46-20-19-45-7)22-33(26(35)3)37(43)38-24-34-27(4)39-25(2)21-36(34)42/h9-10,15-16,21-23,30-31H,8,11-14,17-20,24H2,1-7H3,(H,38,43)(H,39,42)/t30-,31-. The second-order valence-electron chi connectivity index (χ2n) is 12.4. The second-order valence-corrected chi connectivity index (χ2v) is 12.4. The third-order valence-electron chi connectivity index (χ3n) is 9.31. The van der Waals surface area contributed by atoms with Gasteiger partial charge in [0.1, 0.15) is 12.4 Å². The van der Waals surface area contributed by atoms with E-state index >= 15 is 0 Å². The molecule has 0 aliphatic heterocycles. The Morgan fingerprint density at radius 1 is 0.913 bits per heavy atom. The monoisotopic (exact) mass is 632 g/mol. The van der Waals surface area contributed by atoms with E-state index in [1.807, 2.05) is 51.1 Å². The molecule has 1 fully saturated rings. The summed E-state index contributed by atoms with van der Waals surface area (Å²) in [5.74, 6) is 0.575. The lowest BCUT2D eigenvalue weighted by molar-refractivity contribution is 0.0950. The van der Waals surface area contributed by atoms with Gasteiger partial charge in [-0.05, 0) is 101 Å². The molecule has 0 unspecified atom stereocenters. The first-order valence-electron chi connectivity index (χ1n) is 16.5. The predicted molar refractivity (Wildman–Crippen MR) is 185 cm³/mol. The van der Waals surface area contributed by atoms with Gasteiger partial charge in [-0.15, -0.1) is 0 Å². The van der Waals surface area contributed by atoms with Crippen LogP contribution in [-0.4, -0.2) is 82.1 Å². The van der Waals surface area contributed by atoms with Gasteiger partial charge in [0.05, 0.1) is 13.2 Å². The number of carbonyl (C=O) groups is 1. The molecule has 9 heteroatoms. The van der Waals surface area contributed by atoms with Crippen LogP contribution in [0.2, 0.25) is 0 Å². The molecular weight excluding hydrogens is 580 g/mol.